The average Bonchev–Trinajstić information content (AvgIpc) is 2.69. The summed E-state index contributed by atoms with van der Waals surface area (Å²) in [4.78, 5) is 12.9. The van der Waals surface area contributed by atoms with Gasteiger partial charge in [0.15, 0.2) is 0 Å². The molecule has 0 saturated carbocycles. The average molecular weight is 241 g/mol. The van der Waals surface area contributed by atoms with E-state index in [1.807, 2.05) is 6.92 Å². The Morgan fingerprint density at radius 3 is 2.69 bits per heavy atom. The van der Waals surface area contributed by atoms with E-state index in [9.17, 15) is 4.79 Å². The topological polar surface area (TPSA) is 40.5 Å². The largest absolute Gasteiger partial charge is 0.481 e. The Kier molecular flexibility index (Phi) is 4.96. The minimum absolute atomic E-state index is 0.0670. The molecule has 0 aromatic carbocycles. The van der Waals surface area contributed by atoms with Crippen molar-refractivity contribution in [1.29, 1.82) is 0 Å². The zero-order valence-corrected chi connectivity index (χ0v) is 10.8. The van der Waals surface area contributed by atoms with Crippen LogP contribution in [0.2, 0.25) is 0 Å². The van der Waals surface area contributed by atoms with Crippen molar-refractivity contribution in [2.75, 3.05) is 6.54 Å². The second-order valence-corrected chi connectivity index (χ2v) is 4.79. The molecule has 0 fully saturated rings. The molecule has 2 atom stereocenters. The first kappa shape index (κ1) is 13.2. The number of carboxylic acids is 1. The fourth-order valence-corrected chi connectivity index (χ4v) is 2.79. The van der Waals surface area contributed by atoms with Gasteiger partial charge in [0.1, 0.15) is 0 Å². The molecule has 0 radical (unpaired) electrons. The molecule has 1 aromatic heterocycles. The smallest absolute Gasteiger partial charge is 0.304 e. The van der Waals surface area contributed by atoms with Crippen LogP contribution in [-0.4, -0.2) is 28.6 Å². The van der Waals surface area contributed by atoms with Crippen LogP contribution in [0.25, 0.3) is 0 Å². The predicted molar refractivity (Wildman–Crippen MR) is 66.8 cm³/mol. The van der Waals surface area contributed by atoms with Crippen LogP contribution in [0.1, 0.15) is 38.8 Å². The van der Waals surface area contributed by atoms with E-state index < -0.39 is 5.97 Å². The fourth-order valence-electron chi connectivity index (χ4n) is 2.04. The number of thiophene rings is 1. The van der Waals surface area contributed by atoms with E-state index in [0.29, 0.717) is 0 Å². The standard InChI is InChI=1S/C12H19NO2S/c1-4-13(9(2)7-12(14)15)10(3)11-5-6-16-8-11/h5-6,8-10H,4,7H2,1-3H3,(H,14,15). The zero-order valence-electron chi connectivity index (χ0n) is 10.0. The normalized spacial score (nSPS) is 15.0. The maximum Gasteiger partial charge on any atom is 0.304 e. The minimum atomic E-state index is -0.733. The highest BCUT2D eigenvalue weighted by molar-refractivity contribution is 7.07. The van der Waals surface area contributed by atoms with Crippen molar-refractivity contribution in [3.05, 3.63) is 22.4 Å². The lowest BCUT2D eigenvalue weighted by Gasteiger charge is -2.32. The monoisotopic (exact) mass is 241 g/mol. The van der Waals surface area contributed by atoms with Gasteiger partial charge >= 0.3 is 5.97 Å². The summed E-state index contributed by atoms with van der Waals surface area (Å²) < 4.78 is 0. The van der Waals surface area contributed by atoms with E-state index in [0.717, 1.165) is 6.54 Å². The molecule has 0 amide bonds. The molecule has 1 N–H and O–H groups in total. The number of hydrogen-bond donors (Lipinski definition) is 1. The van der Waals surface area contributed by atoms with Crippen LogP contribution in [0, 0.1) is 0 Å². The maximum atomic E-state index is 10.7. The van der Waals surface area contributed by atoms with Crippen LogP contribution in [0.3, 0.4) is 0 Å². The van der Waals surface area contributed by atoms with Gasteiger partial charge in [-0.1, -0.05) is 6.92 Å². The summed E-state index contributed by atoms with van der Waals surface area (Å²) in [5.74, 6) is -0.733. The molecule has 16 heavy (non-hydrogen) atoms. The van der Waals surface area contributed by atoms with Gasteiger partial charge in [-0.15, -0.1) is 0 Å². The second-order valence-electron chi connectivity index (χ2n) is 4.01. The molecule has 0 aliphatic carbocycles. The Labute approximate surface area is 101 Å². The molecule has 0 saturated heterocycles. The van der Waals surface area contributed by atoms with Crippen molar-refractivity contribution in [3.63, 3.8) is 0 Å². The summed E-state index contributed by atoms with van der Waals surface area (Å²) in [6.07, 6.45) is 0.197. The van der Waals surface area contributed by atoms with Gasteiger partial charge in [-0.05, 0) is 42.8 Å². The van der Waals surface area contributed by atoms with Gasteiger partial charge in [0, 0.05) is 12.1 Å². The SMILES string of the molecule is CCN(C(C)CC(=O)O)C(C)c1ccsc1. The first-order valence-corrected chi connectivity index (χ1v) is 6.50. The summed E-state index contributed by atoms with van der Waals surface area (Å²) in [6, 6.07) is 2.45. The Bertz CT molecular complexity index is 324. The lowest BCUT2D eigenvalue weighted by molar-refractivity contribution is -0.138. The van der Waals surface area contributed by atoms with Gasteiger partial charge in [-0.3, -0.25) is 9.69 Å². The van der Waals surface area contributed by atoms with Gasteiger partial charge in [0.05, 0.1) is 6.42 Å². The quantitative estimate of drug-likeness (QED) is 0.832. The lowest BCUT2D eigenvalue weighted by Crippen LogP contribution is -2.36. The molecule has 0 aliphatic rings. The molecule has 1 heterocycles. The number of hydrogen-bond acceptors (Lipinski definition) is 3. The molecule has 4 heteroatoms. The molecular formula is C12H19NO2S. The third-order valence-electron chi connectivity index (χ3n) is 2.92. The Balaban J connectivity index is 2.70. The van der Waals surface area contributed by atoms with Crippen LogP contribution in [-0.2, 0) is 4.79 Å². The first-order valence-electron chi connectivity index (χ1n) is 5.55. The number of rotatable bonds is 6. The van der Waals surface area contributed by atoms with E-state index in [1.54, 1.807) is 11.3 Å². The molecule has 0 aliphatic heterocycles. The third-order valence-corrected chi connectivity index (χ3v) is 3.63. The Morgan fingerprint density at radius 1 is 1.56 bits per heavy atom. The van der Waals surface area contributed by atoms with E-state index in [1.165, 1.54) is 5.56 Å². The van der Waals surface area contributed by atoms with E-state index >= 15 is 0 Å². The van der Waals surface area contributed by atoms with Gasteiger partial charge < -0.3 is 5.11 Å². The number of carbonyl (C=O) groups is 1. The van der Waals surface area contributed by atoms with E-state index in [4.69, 9.17) is 5.11 Å². The van der Waals surface area contributed by atoms with Gasteiger partial charge in [-0.2, -0.15) is 11.3 Å². The predicted octanol–water partition coefficient (Wildman–Crippen LogP) is 2.99. The van der Waals surface area contributed by atoms with Crippen LogP contribution < -0.4 is 0 Å². The zero-order chi connectivity index (χ0) is 12.1. The maximum absolute atomic E-state index is 10.7. The van der Waals surface area contributed by atoms with Gasteiger partial charge in [0.2, 0.25) is 0 Å². The molecule has 0 bridgehead atoms. The van der Waals surface area contributed by atoms with Crippen molar-refractivity contribution >= 4 is 17.3 Å². The van der Waals surface area contributed by atoms with Crippen LogP contribution in [0.15, 0.2) is 16.8 Å². The highest BCUT2D eigenvalue weighted by atomic mass is 32.1. The lowest BCUT2D eigenvalue weighted by atomic mass is 10.1. The molecule has 1 aromatic rings. The fraction of sp³-hybridized carbons (Fsp3) is 0.583. The van der Waals surface area contributed by atoms with Gasteiger partial charge in [0.25, 0.3) is 0 Å². The van der Waals surface area contributed by atoms with Crippen LogP contribution >= 0.6 is 11.3 Å². The van der Waals surface area contributed by atoms with Gasteiger partial charge in [-0.25, -0.2) is 0 Å². The second kappa shape index (κ2) is 6.01. The highest BCUT2D eigenvalue weighted by Gasteiger charge is 2.21. The number of nitrogens with zero attached hydrogens (tertiary/aromatic N) is 1. The summed E-state index contributed by atoms with van der Waals surface area (Å²) in [5.41, 5.74) is 1.27. The molecule has 2 unspecified atom stereocenters. The number of carboxylic acid groups (broad SMARTS) is 1. The molecule has 0 spiro atoms. The summed E-state index contributed by atoms with van der Waals surface area (Å²) in [6.45, 7) is 7.04. The Hall–Kier alpha value is -0.870. The molecule has 90 valence electrons. The first-order chi connectivity index (χ1) is 7.56. The third kappa shape index (κ3) is 3.32. The highest BCUT2D eigenvalue weighted by Crippen LogP contribution is 2.24. The molecule has 1 rings (SSSR count). The summed E-state index contributed by atoms with van der Waals surface area (Å²) in [5, 5.41) is 13.0. The van der Waals surface area contributed by atoms with Crippen molar-refractivity contribution in [1.82, 2.24) is 4.90 Å². The van der Waals surface area contributed by atoms with Crippen LogP contribution in [0.4, 0.5) is 0 Å². The molecular weight excluding hydrogens is 222 g/mol. The molecule has 3 nitrogen and oxygen atoms in total. The van der Waals surface area contributed by atoms with Crippen molar-refractivity contribution in [2.24, 2.45) is 0 Å². The number of aliphatic carboxylic acids is 1. The van der Waals surface area contributed by atoms with Crippen LogP contribution in [0.5, 0.6) is 0 Å². The van der Waals surface area contributed by atoms with E-state index in [-0.39, 0.29) is 18.5 Å². The van der Waals surface area contributed by atoms with Crippen molar-refractivity contribution in [3.8, 4) is 0 Å². The summed E-state index contributed by atoms with van der Waals surface area (Å²) >= 11 is 1.68. The summed E-state index contributed by atoms with van der Waals surface area (Å²) in [7, 11) is 0. The van der Waals surface area contributed by atoms with Crippen molar-refractivity contribution < 1.29 is 9.90 Å². The minimum Gasteiger partial charge on any atom is -0.481 e. The van der Waals surface area contributed by atoms with E-state index in [2.05, 4.69) is 35.6 Å². The Morgan fingerprint density at radius 2 is 2.25 bits per heavy atom. The van der Waals surface area contributed by atoms with Crippen molar-refractivity contribution in [2.45, 2.75) is 39.3 Å².